The summed E-state index contributed by atoms with van der Waals surface area (Å²) < 4.78 is 5.63. The minimum Gasteiger partial charge on any atom is -0.378 e. The van der Waals surface area contributed by atoms with Crippen LogP contribution in [0.4, 0.5) is 0 Å². The van der Waals surface area contributed by atoms with E-state index in [1.54, 1.807) is 6.92 Å². The maximum atomic E-state index is 12.1. The lowest BCUT2D eigenvalue weighted by Crippen LogP contribution is -2.63. The number of rotatable bonds is 5. The van der Waals surface area contributed by atoms with Crippen LogP contribution in [0.5, 0.6) is 0 Å². The Morgan fingerprint density at radius 2 is 2.17 bits per heavy atom. The van der Waals surface area contributed by atoms with E-state index in [9.17, 15) is 4.79 Å². The van der Waals surface area contributed by atoms with E-state index in [4.69, 9.17) is 10.00 Å². The zero-order valence-electron chi connectivity index (χ0n) is 12.0. The molecule has 0 heterocycles. The van der Waals surface area contributed by atoms with Crippen molar-refractivity contribution < 1.29 is 9.53 Å². The first-order chi connectivity index (χ1) is 8.31. The molecule has 1 N–H and O–H groups in total. The third kappa shape index (κ3) is 2.51. The van der Waals surface area contributed by atoms with Gasteiger partial charge in [0.05, 0.1) is 12.2 Å². The molecule has 1 aliphatic carbocycles. The summed E-state index contributed by atoms with van der Waals surface area (Å²) in [6.45, 7) is 10.4. The number of carbonyl (C=O) groups is 1. The molecule has 0 saturated heterocycles. The lowest BCUT2D eigenvalue weighted by Gasteiger charge is -2.52. The molecule has 3 unspecified atom stereocenters. The lowest BCUT2D eigenvalue weighted by atomic mass is 9.64. The molecule has 0 spiro atoms. The van der Waals surface area contributed by atoms with Crippen LogP contribution in [0.15, 0.2) is 0 Å². The minimum absolute atomic E-state index is 0.0597. The van der Waals surface area contributed by atoms with E-state index in [0.717, 1.165) is 6.42 Å². The van der Waals surface area contributed by atoms with Crippen molar-refractivity contribution in [3.63, 3.8) is 0 Å². The molecule has 0 aliphatic heterocycles. The molecule has 0 aromatic heterocycles. The molecule has 18 heavy (non-hydrogen) atoms. The van der Waals surface area contributed by atoms with Crippen LogP contribution in [0.2, 0.25) is 0 Å². The molecule has 0 bridgehead atoms. The van der Waals surface area contributed by atoms with Crippen molar-refractivity contribution in [1.29, 1.82) is 5.26 Å². The third-order valence-electron chi connectivity index (χ3n) is 4.31. The molecular formula is C14H24N2O2. The summed E-state index contributed by atoms with van der Waals surface area (Å²) in [4.78, 5) is 12.1. The van der Waals surface area contributed by atoms with Gasteiger partial charge in [-0.3, -0.25) is 4.79 Å². The molecule has 102 valence electrons. The molecule has 1 aliphatic rings. The lowest BCUT2D eigenvalue weighted by molar-refractivity contribution is -0.141. The van der Waals surface area contributed by atoms with Gasteiger partial charge in [0.1, 0.15) is 5.41 Å². The van der Waals surface area contributed by atoms with Crippen molar-refractivity contribution in [2.24, 2.45) is 10.8 Å². The van der Waals surface area contributed by atoms with Crippen LogP contribution in [0.25, 0.3) is 0 Å². The van der Waals surface area contributed by atoms with Crippen LogP contribution in [0.1, 0.15) is 47.5 Å². The molecule has 1 rings (SSSR count). The molecule has 4 nitrogen and oxygen atoms in total. The second-order valence-electron chi connectivity index (χ2n) is 5.82. The number of nitrogens with one attached hydrogen (secondary N) is 1. The van der Waals surface area contributed by atoms with Gasteiger partial charge in [-0.25, -0.2) is 0 Å². The Kier molecular flexibility index (Phi) is 4.39. The third-order valence-corrected chi connectivity index (χ3v) is 4.31. The van der Waals surface area contributed by atoms with Crippen LogP contribution < -0.4 is 5.32 Å². The second-order valence-corrected chi connectivity index (χ2v) is 5.82. The van der Waals surface area contributed by atoms with Gasteiger partial charge in [-0.2, -0.15) is 5.26 Å². The number of nitrogens with zero attached hydrogens (tertiary/aromatic N) is 1. The number of hydrogen-bond donors (Lipinski definition) is 1. The zero-order valence-corrected chi connectivity index (χ0v) is 12.0. The van der Waals surface area contributed by atoms with Crippen molar-refractivity contribution in [2.75, 3.05) is 6.61 Å². The second kappa shape index (κ2) is 5.27. The first kappa shape index (κ1) is 15.0. The predicted octanol–water partition coefficient (Wildman–Crippen LogP) is 2.25. The van der Waals surface area contributed by atoms with E-state index >= 15 is 0 Å². The van der Waals surface area contributed by atoms with Gasteiger partial charge in [0.2, 0.25) is 5.91 Å². The topological polar surface area (TPSA) is 62.1 Å². The summed E-state index contributed by atoms with van der Waals surface area (Å²) in [5, 5.41) is 12.1. The van der Waals surface area contributed by atoms with Crippen molar-refractivity contribution in [2.45, 2.75) is 59.6 Å². The fourth-order valence-corrected chi connectivity index (χ4v) is 2.22. The molecule has 0 radical (unpaired) electrons. The minimum atomic E-state index is -0.924. The van der Waals surface area contributed by atoms with Gasteiger partial charge in [-0.05, 0) is 26.7 Å². The largest absolute Gasteiger partial charge is 0.378 e. The molecular weight excluding hydrogens is 228 g/mol. The highest BCUT2D eigenvalue weighted by molar-refractivity contribution is 5.85. The van der Waals surface area contributed by atoms with Crippen molar-refractivity contribution in [3.05, 3.63) is 0 Å². The van der Waals surface area contributed by atoms with Crippen LogP contribution in [-0.4, -0.2) is 24.7 Å². The van der Waals surface area contributed by atoms with Crippen LogP contribution in [0.3, 0.4) is 0 Å². The zero-order chi connectivity index (χ0) is 14.0. The number of nitriles is 1. The molecule has 0 aromatic carbocycles. The highest BCUT2D eigenvalue weighted by atomic mass is 16.5. The Balaban J connectivity index is 2.62. The van der Waals surface area contributed by atoms with Crippen LogP contribution in [-0.2, 0) is 9.53 Å². The van der Waals surface area contributed by atoms with Gasteiger partial charge < -0.3 is 10.1 Å². The van der Waals surface area contributed by atoms with E-state index in [0.29, 0.717) is 13.0 Å². The maximum Gasteiger partial charge on any atom is 0.240 e. The van der Waals surface area contributed by atoms with Gasteiger partial charge >= 0.3 is 0 Å². The van der Waals surface area contributed by atoms with Crippen LogP contribution >= 0.6 is 0 Å². The number of hydrogen-bond acceptors (Lipinski definition) is 3. The SMILES string of the molecule is CCOC1CC(NC(=O)C(C)(C#N)CC)C1(C)C. The monoisotopic (exact) mass is 252 g/mol. The van der Waals surface area contributed by atoms with Gasteiger partial charge in [0.15, 0.2) is 0 Å². The maximum absolute atomic E-state index is 12.1. The Bertz CT molecular complexity index is 359. The summed E-state index contributed by atoms with van der Waals surface area (Å²) >= 11 is 0. The van der Waals surface area contributed by atoms with Crippen molar-refractivity contribution in [1.82, 2.24) is 5.32 Å². The summed E-state index contributed by atoms with van der Waals surface area (Å²) in [5.74, 6) is -0.166. The van der Waals surface area contributed by atoms with E-state index in [2.05, 4.69) is 25.2 Å². The summed E-state index contributed by atoms with van der Waals surface area (Å²) in [6, 6.07) is 2.20. The average Bonchev–Trinajstić information content (AvgIpc) is 2.36. The van der Waals surface area contributed by atoms with Gasteiger partial charge in [-0.15, -0.1) is 0 Å². The van der Waals surface area contributed by atoms with E-state index in [1.807, 2.05) is 13.8 Å². The summed E-state index contributed by atoms with van der Waals surface area (Å²) in [6.07, 6.45) is 1.55. The quantitative estimate of drug-likeness (QED) is 0.816. The van der Waals surface area contributed by atoms with Gasteiger partial charge in [0, 0.05) is 18.1 Å². The Labute approximate surface area is 110 Å². The smallest absolute Gasteiger partial charge is 0.240 e. The van der Waals surface area contributed by atoms with Gasteiger partial charge in [-0.1, -0.05) is 20.8 Å². The number of ether oxygens (including phenoxy) is 1. The molecule has 0 aromatic rings. The van der Waals surface area contributed by atoms with E-state index in [1.165, 1.54) is 0 Å². The first-order valence-electron chi connectivity index (χ1n) is 6.65. The highest BCUT2D eigenvalue weighted by Crippen LogP contribution is 2.43. The van der Waals surface area contributed by atoms with Crippen molar-refractivity contribution in [3.8, 4) is 6.07 Å². The molecule has 1 fully saturated rings. The molecule has 1 amide bonds. The molecule has 3 atom stereocenters. The fourth-order valence-electron chi connectivity index (χ4n) is 2.22. The predicted molar refractivity (Wildman–Crippen MR) is 69.8 cm³/mol. The molecule has 1 saturated carbocycles. The first-order valence-corrected chi connectivity index (χ1v) is 6.65. The standard InChI is InChI=1S/C14H24N2O2/c1-6-14(5,9-15)12(17)16-10-8-11(18-7-2)13(10,3)4/h10-11H,6-8H2,1-5H3,(H,16,17). The Morgan fingerprint density at radius 3 is 2.56 bits per heavy atom. The molecule has 4 heteroatoms. The van der Waals surface area contributed by atoms with Gasteiger partial charge in [0.25, 0.3) is 0 Å². The highest BCUT2D eigenvalue weighted by Gasteiger charge is 2.50. The van der Waals surface area contributed by atoms with E-state index < -0.39 is 5.41 Å². The number of carbonyl (C=O) groups excluding carboxylic acids is 1. The van der Waals surface area contributed by atoms with E-state index in [-0.39, 0.29) is 23.5 Å². The van der Waals surface area contributed by atoms with Crippen LogP contribution in [0, 0.1) is 22.2 Å². The summed E-state index contributed by atoms with van der Waals surface area (Å²) in [7, 11) is 0. The van der Waals surface area contributed by atoms with Crippen molar-refractivity contribution >= 4 is 5.91 Å². The normalized spacial score (nSPS) is 28.7. The number of amides is 1. The Hall–Kier alpha value is -1.08. The fraction of sp³-hybridized carbons (Fsp3) is 0.857. The Morgan fingerprint density at radius 1 is 1.56 bits per heavy atom. The average molecular weight is 252 g/mol. The summed E-state index contributed by atoms with van der Waals surface area (Å²) in [5.41, 5.74) is -0.984.